The molecule has 0 amide bonds. The average molecular weight is 271 g/mol. The fraction of sp³-hybridized carbons (Fsp3) is 0.588. The maximum absolute atomic E-state index is 4.80. The van der Waals surface area contributed by atoms with E-state index < -0.39 is 0 Å². The van der Waals surface area contributed by atoms with Crippen molar-refractivity contribution in [3.05, 3.63) is 29.6 Å². The molecule has 1 aliphatic carbocycles. The van der Waals surface area contributed by atoms with E-state index in [0.29, 0.717) is 5.92 Å². The van der Waals surface area contributed by atoms with E-state index in [2.05, 4.69) is 35.4 Å². The van der Waals surface area contributed by atoms with E-state index in [1.54, 1.807) is 0 Å². The predicted molar refractivity (Wildman–Crippen MR) is 84.2 cm³/mol. The van der Waals surface area contributed by atoms with Crippen LogP contribution in [0.2, 0.25) is 0 Å². The predicted octanol–water partition coefficient (Wildman–Crippen LogP) is 3.76. The molecule has 3 rings (SSSR count). The lowest BCUT2D eigenvalue weighted by molar-refractivity contribution is 0.431. The van der Waals surface area contributed by atoms with Gasteiger partial charge in [0.2, 0.25) is 0 Å². The number of fused-ring (bicyclic) bond motifs is 1. The second-order valence-electron chi connectivity index (χ2n) is 5.91. The summed E-state index contributed by atoms with van der Waals surface area (Å²) in [6.45, 7) is 4.23. The Labute approximate surface area is 121 Å². The van der Waals surface area contributed by atoms with E-state index in [-0.39, 0.29) is 0 Å². The highest BCUT2D eigenvalue weighted by atomic mass is 14.9. The molecule has 1 heterocycles. The smallest absolute Gasteiger partial charge is 0.110 e. The van der Waals surface area contributed by atoms with E-state index in [9.17, 15) is 0 Å². The van der Waals surface area contributed by atoms with Crippen LogP contribution in [0.15, 0.2) is 18.2 Å². The lowest BCUT2D eigenvalue weighted by Gasteiger charge is -2.18. The highest BCUT2D eigenvalue weighted by Gasteiger charge is 2.18. The van der Waals surface area contributed by atoms with Crippen LogP contribution in [0.25, 0.3) is 11.0 Å². The minimum atomic E-state index is 0.654. The van der Waals surface area contributed by atoms with Gasteiger partial charge >= 0.3 is 0 Å². The van der Waals surface area contributed by atoms with E-state index in [0.717, 1.165) is 25.0 Å². The SMILES string of the molecule is CCNCCc1ccc2nc(C3CCCCC3)[nH]c2c1. The Hall–Kier alpha value is -1.35. The van der Waals surface area contributed by atoms with E-state index in [1.165, 1.54) is 49.0 Å². The lowest BCUT2D eigenvalue weighted by atomic mass is 9.89. The molecule has 0 saturated heterocycles. The van der Waals surface area contributed by atoms with Crippen molar-refractivity contribution in [2.24, 2.45) is 0 Å². The van der Waals surface area contributed by atoms with Crippen LogP contribution in [-0.4, -0.2) is 23.1 Å². The summed E-state index contributed by atoms with van der Waals surface area (Å²) in [5.41, 5.74) is 3.72. The van der Waals surface area contributed by atoms with Crippen molar-refractivity contribution < 1.29 is 0 Å². The molecule has 0 spiro atoms. The van der Waals surface area contributed by atoms with Crippen molar-refractivity contribution in [1.29, 1.82) is 0 Å². The van der Waals surface area contributed by atoms with Crippen LogP contribution in [0.1, 0.15) is 56.3 Å². The van der Waals surface area contributed by atoms with Crippen molar-refractivity contribution in [3.63, 3.8) is 0 Å². The molecule has 1 fully saturated rings. The molecule has 0 bridgehead atoms. The van der Waals surface area contributed by atoms with E-state index in [4.69, 9.17) is 4.98 Å². The topological polar surface area (TPSA) is 40.7 Å². The average Bonchev–Trinajstić information content (AvgIpc) is 2.92. The van der Waals surface area contributed by atoms with Gasteiger partial charge < -0.3 is 10.3 Å². The molecular formula is C17H25N3. The number of H-pyrrole nitrogens is 1. The summed E-state index contributed by atoms with van der Waals surface area (Å²) in [4.78, 5) is 8.37. The van der Waals surface area contributed by atoms with Crippen LogP contribution in [0.5, 0.6) is 0 Å². The fourth-order valence-electron chi connectivity index (χ4n) is 3.21. The van der Waals surface area contributed by atoms with Crippen molar-refractivity contribution in [1.82, 2.24) is 15.3 Å². The Balaban J connectivity index is 1.76. The van der Waals surface area contributed by atoms with E-state index in [1.807, 2.05) is 0 Å². The van der Waals surface area contributed by atoms with Gasteiger partial charge in [-0.1, -0.05) is 32.3 Å². The molecule has 1 aromatic heterocycles. The van der Waals surface area contributed by atoms with Crippen LogP contribution in [-0.2, 0) is 6.42 Å². The van der Waals surface area contributed by atoms with Gasteiger partial charge in [0.15, 0.2) is 0 Å². The van der Waals surface area contributed by atoms with Gasteiger partial charge in [-0.2, -0.15) is 0 Å². The zero-order chi connectivity index (χ0) is 13.8. The van der Waals surface area contributed by atoms with Crippen LogP contribution in [0.3, 0.4) is 0 Å². The molecular weight excluding hydrogens is 246 g/mol. The summed E-state index contributed by atoms with van der Waals surface area (Å²) in [5, 5.41) is 3.38. The largest absolute Gasteiger partial charge is 0.342 e. The highest BCUT2D eigenvalue weighted by molar-refractivity contribution is 5.76. The quantitative estimate of drug-likeness (QED) is 0.813. The molecule has 2 N–H and O–H groups in total. The number of nitrogens with zero attached hydrogens (tertiary/aromatic N) is 1. The first kappa shape index (κ1) is 13.6. The fourth-order valence-corrected chi connectivity index (χ4v) is 3.21. The van der Waals surface area contributed by atoms with Crippen LogP contribution >= 0.6 is 0 Å². The summed E-state index contributed by atoms with van der Waals surface area (Å²) in [6, 6.07) is 6.65. The van der Waals surface area contributed by atoms with Gasteiger partial charge in [-0.15, -0.1) is 0 Å². The minimum Gasteiger partial charge on any atom is -0.342 e. The van der Waals surface area contributed by atoms with Gasteiger partial charge in [-0.05, 0) is 50.0 Å². The Kier molecular flexibility index (Phi) is 4.36. The lowest BCUT2D eigenvalue weighted by Crippen LogP contribution is -2.15. The maximum Gasteiger partial charge on any atom is 0.110 e. The number of hydrogen-bond donors (Lipinski definition) is 2. The monoisotopic (exact) mass is 271 g/mol. The second kappa shape index (κ2) is 6.40. The standard InChI is InChI=1S/C17H25N3/c1-2-18-11-10-13-8-9-15-16(12-13)20-17(19-15)14-6-4-3-5-7-14/h8-9,12,14,18H,2-7,10-11H2,1H3,(H,19,20). The Bertz CT molecular complexity index is 552. The second-order valence-corrected chi connectivity index (χ2v) is 5.91. The first-order chi connectivity index (χ1) is 9.86. The number of aromatic nitrogens is 2. The first-order valence-electron chi connectivity index (χ1n) is 8.06. The zero-order valence-electron chi connectivity index (χ0n) is 12.4. The van der Waals surface area contributed by atoms with Gasteiger partial charge in [-0.25, -0.2) is 4.98 Å². The Morgan fingerprint density at radius 2 is 2.10 bits per heavy atom. The number of likely N-dealkylation sites (N-methyl/N-ethyl adjacent to an activating group) is 1. The molecule has 0 atom stereocenters. The van der Waals surface area contributed by atoms with Crippen molar-refractivity contribution in [2.75, 3.05) is 13.1 Å². The minimum absolute atomic E-state index is 0.654. The third kappa shape index (κ3) is 3.04. The van der Waals surface area contributed by atoms with Crippen LogP contribution in [0.4, 0.5) is 0 Å². The molecule has 1 aliphatic rings. The number of nitrogens with one attached hydrogen (secondary N) is 2. The molecule has 108 valence electrons. The number of hydrogen-bond acceptors (Lipinski definition) is 2. The van der Waals surface area contributed by atoms with Crippen LogP contribution < -0.4 is 5.32 Å². The number of aromatic amines is 1. The molecule has 3 heteroatoms. The third-order valence-corrected chi connectivity index (χ3v) is 4.40. The molecule has 1 saturated carbocycles. The Morgan fingerprint density at radius 1 is 1.25 bits per heavy atom. The molecule has 1 aromatic carbocycles. The van der Waals surface area contributed by atoms with E-state index >= 15 is 0 Å². The van der Waals surface area contributed by atoms with Crippen LogP contribution in [0, 0.1) is 0 Å². The molecule has 0 unspecified atom stereocenters. The molecule has 0 radical (unpaired) electrons. The maximum atomic E-state index is 4.80. The molecule has 2 aromatic rings. The number of rotatable bonds is 5. The summed E-state index contributed by atoms with van der Waals surface area (Å²) in [7, 11) is 0. The molecule has 3 nitrogen and oxygen atoms in total. The van der Waals surface area contributed by atoms with Gasteiger partial charge in [0.1, 0.15) is 5.82 Å². The molecule has 0 aliphatic heterocycles. The zero-order valence-corrected chi connectivity index (χ0v) is 12.4. The number of benzene rings is 1. The van der Waals surface area contributed by atoms with Gasteiger partial charge in [0, 0.05) is 5.92 Å². The first-order valence-corrected chi connectivity index (χ1v) is 8.06. The summed E-state index contributed by atoms with van der Waals surface area (Å²) >= 11 is 0. The number of imidazole rings is 1. The van der Waals surface area contributed by atoms with Crippen molar-refractivity contribution in [3.8, 4) is 0 Å². The summed E-state index contributed by atoms with van der Waals surface area (Å²) in [5.74, 6) is 1.87. The van der Waals surface area contributed by atoms with Gasteiger partial charge in [0.25, 0.3) is 0 Å². The van der Waals surface area contributed by atoms with Crippen molar-refractivity contribution in [2.45, 2.75) is 51.4 Å². The normalized spacial score (nSPS) is 16.9. The third-order valence-electron chi connectivity index (χ3n) is 4.40. The van der Waals surface area contributed by atoms with Gasteiger partial charge in [-0.3, -0.25) is 0 Å². The van der Waals surface area contributed by atoms with Crippen molar-refractivity contribution >= 4 is 11.0 Å². The summed E-state index contributed by atoms with van der Waals surface area (Å²) in [6.07, 6.45) is 7.79. The summed E-state index contributed by atoms with van der Waals surface area (Å²) < 4.78 is 0. The Morgan fingerprint density at radius 3 is 2.90 bits per heavy atom. The molecule has 20 heavy (non-hydrogen) atoms. The highest BCUT2D eigenvalue weighted by Crippen LogP contribution is 2.32. The van der Waals surface area contributed by atoms with Gasteiger partial charge in [0.05, 0.1) is 11.0 Å².